The van der Waals surface area contributed by atoms with Crippen molar-refractivity contribution in [3.05, 3.63) is 0 Å². The highest BCUT2D eigenvalue weighted by Gasteiger charge is 2.34. The number of carbonyl (C=O) groups excluding carboxylic acids is 2. The minimum atomic E-state index is -0.340. The Hall–Kier alpha value is -0.580. The van der Waals surface area contributed by atoms with E-state index >= 15 is 0 Å². The molecule has 0 bridgehead atoms. The zero-order valence-electron chi connectivity index (χ0n) is 13.1. The number of likely N-dealkylation sites (tertiary alicyclic amines) is 1. The molecule has 1 rings (SSSR count). The van der Waals surface area contributed by atoms with E-state index in [0.29, 0.717) is 19.6 Å². The van der Waals surface area contributed by atoms with Gasteiger partial charge >= 0.3 is 5.97 Å². The summed E-state index contributed by atoms with van der Waals surface area (Å²) in [5, 5.41) is 0.920. The molecule has 21 heavy (non-hydrogen) atoms. The first-order valence-electron chi connectivity index (χ1n) is 8.22. The fraction of sp³-hybridized carbons (Fsp3) is 0.875. The molecule has 1 heterocycles. The normalized spacial score (nSPS) is 18.0. The molecule has 0 aliphatic carbocycles. The maximum Gasteiger partial charge on any atom is 0.328 e. The first-order chi connectivity index (χ1) is 10.2. The molecule has 0 aromatic rings. The van der Waals surface area contributed by atoms with Gasteiger partial charge in [-0.3, -0.25) is 4.79 Å². The van der Waals surface area contributed by atoms with Crippen molar-refractivity contribution in [2.45, 2.75) is 70.8 Å². The van der Waals surface area contributed by atoms with E-state index in [9.17, 15) is 9.59 Å². The second-order valence-electron chi connectivity index (χ2n) is 5.62. The predicted molar refractivity (Wildman–Crippen MR) is 87.5 cm³/mol. The van der Waals surface area contributed by atoms with Gasteiger partial charge in [-0.1, -0.05) is 42.1 Å². The SMILES string of the molecule is CCCCCCOC(=O)C1CCCN1C(=O)CCCCBr. The van der Waals surface area contributed by atoms with Gasteiger partial charge in [0, 0.05) is 18.3 Å². The highest BCUT2D eigenvalue weighted by molar-refractivity contribution is 9.09. The lowest BCUT2D eigenvalue weighted by Crippen LogP contribution is -2.41. The molecule has 1 aliphatic heterocycles. The highest BCUT2D eigenvalue weighted by atomic mass is 79.9. The van der Waals surface area contributed by atoms with Crippen LogP contribution in [0.2, 0.25) is 0 Å². The van der Waals surface area contributed by atoms with E-state index in [-0.39, 0.29) is 17.9 Å². The Balaban J connectivity index is 2.30. The minimum absolute atomic E-state index is 0.0985. The van der Waals surface area contributed by atoms with Gasteiger partial charge in [0.25, 0.3) is 0 Å². The summed E-state index contributed by atoms with van der Waals surface area (Å²) in [6, 6.07) is -0.340. The molecule has 0 saturated carbocycles. The number of esters is 1. The molecule has 0 radical (unpaired) electrons. The number of alkyl halides is 1. The van der Waals surface area contributed by atoms with Crippen molar-refractivity contribution < 1.29 is 14.3 Å². The van der Waals surface area contributed by atoms with Crippen LogP contribution in [0.4, 0.5) is 0 Å². The molecule has 0 aromatic carbocycles. The molecule has 122 valence electrons. The quantitative estimate of drug-likeness (QED) is 0.338. The third kappa shape index (κ3) is 6.81. The van der Waals surface area contributed by atoms with Crippen LogP contribution in [0.3, 0.4) is 0 Å². The maximum atomic E-state index is 12.2. The van der Waals surface area contributed by atoms with Crippen molar-refractivity contribution in [2.24, 2.45) is 0 Å². The number of halogens is 1. The molecule has 1 fully saturated rings. The number of hydrogen-bond donors (Lipinski definition) is 0. The molecular weight excluding hydrogens is 334 g/mol. The van der Waals surface area contributed by atoms with Gasteiger partial charge in [-0.05, 0) is 32.1 Å². The second kappa shape index (κ2) is 11.0. The minimum Gasteiger partial charge on any atom is -0.464 e. The van der Waals surface area contributed by atoms with Crippen molar-refractivity contribution in [3.8, 4) is 0 Å². The Bertz CT molecular complexity index is 323. The molecule has 0 spiro atoms. The van der Waals surface area contributed by atoms with Gasteiger partial charge < -0.3 is 9.64 Å². The number of ether oxygens (including phenoxy) is 1. The van der Waals surface area contributed by atoms with Gasteiger partial charge in [0.15, 0.2) is 0 Å². The molecule has 1 saturated heterocycles. The number of hydrogen-bond acceptors (Lipinski definition) is 3. The van der Waals surface area contributed by atoms with Gasteiger partial charge in [0.2, 0.25) is 5.91 Å². The second-order valence-corrected chi connectivity index (χ2v) is 6.41. The average molecular weight is 362 g/mol. The number of rotatable bonds is 10. The third-order valence-electron chi connectivity index (χ3n) is 3.86. The Kier molecular flexibility index (Phi) is 9.72. The van der Waals surface area contributed by atoms with Crippen LogP contribution in [-0.4, -0.2) is 41.3 Å². The highest BCUT2D eigenvalue weighted by Crippen LogP contribution is 2.20. The largest absolute Gasteiger partial charge is 0.464 e. The summed E-state index contributed by atoms with van der Waals surface area (Å²) in [6.07, 6.45) is 8.43. The molecular formula is C16H28BrNO3. The van der Waals surface area contributed by atoms with Crippen LogP contribution in [-0.2, 0) is 14.3 Å². The lowest BCUT2D eigenvalue weighted by molar-refractivity contribution is -0.153. The number of nitrogens with zero attached hydrogens (tertiary/aromatic N) is 1. The summed E-state index contributed by atoms with van der Waals surface area (Å²) >= 11 is 3.37. The fourth-order valence-electron chi connectivity index (χ4n) is 2.62. The molecule has 1 atom stereocenters. The molecule has 1 unspecified atom stereocenters. The molecule has 1 aliphatic rings. The summed E-state index contributed by atoms with van der Waals surface area (Å²) < 4.78 is 5.34. The van der Waals surface area contributed by atoms with E-state index in [4.69, 9.17) is 4.74 Å². The Morgan fingerprint density at radius 3 is 2.71 bits per heavy atom. The Labute approximate surface area is 136 Å². The molecule has 0 N–H and O–H groups in total. The van der Waals surface area contributed by atoms with Crippen LogP contribution >= 0.6 is 15.9 Å². The van der Waals surface area contributed by atoms with Crippen LogP contribution in [0.1, 0.15) is 64.7 Å². The van der Waals surface area contributed by atoms with Crippen LogP contribution in [0.15, 0.2) is 0 Å². The monoisotopic (exact) mass is 361 g/mol. The molecule has 4 nitrogen and oxygen atoms in total. The summed E-state index contributed by atoms with van der Waals surface area (Å²) in [5.41, 5.74) is 0. The average Bonchev–Trinajstić information content (AvgIpc) is 2.96. The van der Waals surface area contributed by atoms with E-state index < -0.39 is 0 Å². The first kappa shape index (κ1) is 18.5. The van der Waals surface area contributed by atoms with Gasteiger partial charge in [0.05, 0.1) is 6.61 Å². The molecule has 5 heteroatoms. The van der Waals surface area contributed by atoms with Crippen LogP contribution in [0.5, 0.6) is 0 Å². The van der Waals surface area contributed by atoms with E-state index in [1.807, 2.05) is 0 Å². The fourth-order valence-corrected chi connectivity index (χ4v) is 3.02. The van der Waals surface area contributed by atoms with Gasteiger partial charge in [-0.2, -0.15) is 0 Å². The summed E-state index contributed by atoms with van der Waals surface area (Å²) in [6.45, 7) is 3.34. The summed E-state index contributed by atoms with van der Waals surface area (Å²) in [7, 11) is 0. The van der Waals surface area contributed by atoms with Gasteiger partial charge in [-0.15, -0.1) is 0 Å². The van der Waals surface area contributed by atoms with Crippen LogP contribution in [0.25, 0.3) is 0 Å². The Morgan fingerprint density at radius 1 is 1.19 bits per heavy atom. The van der Waals surface area contributed by atoms with E-state index in [1.165, 1.54) is 12.8 Å². The van der Waals surface area contributed by atoms with Crippen molar-refractivity contribution in [1.82, 2.24) is 4.90 Å². The van der Waals surface area contributed by atoms with Gasteiger partial charge in [-0.25, -0.2) is 4.79 Å². The van der Waals surface area contributed by atoms with Crippen LogP contribution in [0, 0.1) is 0 Å². The van der Waals surface area contributed by atoms with Crippen molar-refractivity contribution >= 4 is 27.8 Å². The third-order valence-corrected chi connectivity index (χ3v) is 4.42. The van der Waals surface area contributed by atoms with Gasteiger partial charge in [0.1, 0.15) is 6.04 Å². The van der Waals surface area contributed by atoms with Crippen LogP contribution < -0.4 is 0 Å². The topological polar surface area (TPSA) is 46.6 Å². The Morgan fingerprint density at radius 2 is 2.00 bits per heavy atom. The van der Waals surface area contributed by atoms with E-state index in [1.54, 1.807) is 4.90 Å². The number of carbonyl (C=O) groups is 2. The van der Waals surface area contributed by atoms with Crippen molar-refractivity contribution in [2.75, 3.05) is 18.5 Å². The molecule has 1 amide bonds. The van der Waals surface area contributed by atoms with Crippen molar-refractivity contribution in [3.63, 3.8) is 0 Å². The lowest BCUT2D eigenvalue weighted by atomic mass is 10.2. The predicted octanol–water partition coefficient (Wildman–Crippen LogP) is 3.67. The maximum absolute atomic E-state index is 12.2. The zero-order chi connectivity index (χ0) is 15.5. The standard InChI is InChI=1S/C16H28BrNO3/c1-2-3-4-7-13-21-16(20)14-9-8-12-18(14)15(19)10-5-6-11-17/h14H,2-13H2,1H3. The van der Waals surface area contributed by atoms with Crippen molar-refractivity contribution in [1.29, 1.82) is 0 Å². The zero-order valence-corrected chi connectivity index (χ0v) is 14.7. The van der Waals surface area contributed by atoms with E-state index in [2.05, 4.69) is 22.9 Å². The first-order valence-corrected chi connectivity index (χ1v) is 9.35. The summed E-state index contributed by atoms with van der Waals surface area (Å²) in [5.74, 6) is -0.112. The lowest BCUT2D eigenvalue weighted by Gasteiger charge is -2.23. The molecule has 0 aromatic heterocycles. The van der Waals surface area contributed by atoms with E-state index in [0.717, 1.165) is 43.9 Å². The number of amides is 1. The summed E-state index contributed by atoms with van der Waals surface area (Å²) in [4.78, 5) is 26.0. The number of unbranched alkanes of at least 4 members (excludes halogenated alkanes) is 4. The smallest absolute Gasteiger partial charge is 0.328 e.